The van der Waals surface area contributed by atoms with Gasteiger partial charge in [0, 0.05) is 6.54 Å². The summed E-state index contributed by atoms with van der Waals surface area (Å²) in [5.41, 5.74) is 0. The zero-order valence-electron chi connectivity index (χ0n) is 10.2. The average Bonchev–Trinajstić information content (AvgIpc) is 2.34. The number of hydrogen-bond donors (Lipinski definition) is 1. The molecule has 6 heteroatoms. The van der Waals surface area contributed by atoms with Gasteiger partial charge in [-0.1, -0.05) is 25.4 Å². The number of hydrogen-bond acceptors (Lipinski definition) is 4. The highest BCUT2D eigenvalue weighted by atomic mass is 79.9. The molecule has 0 bridgehead atoms. The van der Waals surface area contributed by atoms with Crippen LogP contribution in [0.25, 0.3) is 0 Å². The van der Waals surface area contributed by atoms with Crippen molar-refractivity contribution in [1.29, 1.82) is 0 Å². The summed E-state index contributed by atoms with van der Waals surface area (Å²) in [6, 6.07) is 0. The predicted octanol–water partition coefficient (Wildman–Crippen LogP) is 3.04. The Hall–Kier alpha value is -0.390. The van der Waals surface area contributed by atoms with Crippen LogP contribution >= 0.6 is 27.5 Å². The first kappa shape index (κ1) is 14.7. The lowest BCUT2D eigenvalue weighted by Crippen LogP contribution is -2.25. The SMILES string of the molecule is CCN(CC)CCCNc1ncnc(Cl)c1Br. The van der Waals surface area contributed by atoms with Gasteiger partial charge in [-0.15, -0.1) is 0 Å². The molecule has 0 unspecified atom stereocenters. The van der Waals surface area contributed by atoms with Crippen molar-refractivity contribution in [1.82, 2.24) is 14.9 Å². The maximum atomic E-state index is 5.88. The van der Waals surface area contributed by atoms with E-state index in [2.05, 4.69) is 50.0 Å². The van der Waals surface area contributed by atoms with E-state index in [0.29, 0.717) is 5.15 Å². The van der Waals surface area contributed by atoms with Crippen molar-refractivity contribution in [3.63, 3.8) is 0 Å². The maximum absolute atomic E-state index is 5.88. The summed E-state index contributed by atoms with van der Waals surface area (Å²) >= 11 is 9.23. The molecular formula is C11H18BrClN4. The van der Waals surface area contributed by atoms with Crippen molar-refractivity contribution < 1.29 is 0 Å². The molecule has 0 aliphatic carbocycles. The molecule has 1 rings (SSSR count). The first-order valence-corrected chi connectivity index (χ1v) is 6.98. The van der Waals surface area contributed by atoms with Gasteiger partial charge in [0.05, 0.1) is 4.47 Å². The molecule has 1 N–H and O–H groups in total. The summed E-state index contributed by atoms with van der Waals surface area (Å²) in [6.07, 6.45) is 2.54. The van der Waals surface area contributed by atoms with E-state index in [9.17, 15) is 0 Å². The standard InChI is InChI=1S/C11H18BrClN4/c1-3-17(4-2)7-5-6-14-11-9(12)10(13)15-8-16-11/h8H,3-7H2,1-2H3,(H,14,15,16). The van der Waals surface area contributed by atoms with Gasteiger partial charge in [0.2, 0.25) is 0 Å². The minimum Gasteiger partial charge on any atom is -0.369 e. The second-order valence-corrected chi connectivity index (χ2v) is 4.79. The lowest BCUT2D eigenvalue weighted by molar-refractivity contribution is 0.303. The van der Waals surface area contributed by atoms with Crippen molar-refractivity contribution in [2.24, 2.45) is 0 Å². The Kier molecular flexibility index (Phi) is 6.77. The van der Waals surface area contributed by atoms with E-state index < -0.39 is 0 Å². The van der Waals surface area contributed by atoms with Gasteiger partial charge in [-0.3, -0.25) is 0 Å². The number of nitrogens with one attached hydrogen (secondary N) is 1. The van der Waals surface area contributed by atoms with Gasteiger partial charge in [-0.2, -0.15) is 0 Å². The number of aromatic nitrogens is 2. The van der Waals surface area contributed by atoms with Gasteiger partial charge in [-0.05, 0) is 42.0 Å². The maximum Gasteiger partial charge on any atom is 0.148 e. The minimum atomic E-state index is 0.436. The molecule has 0 aromatic carbocycles. The second kappa shape index (κ2) is 7.84. The monoisotopic (exact) mass is 320 g/mol. The molecule has 0 radical (unpaired) electrons. The van der Waals surface area contributed by atoms with Crippen LogP contribution in [-0.2, 0) is 0 Å². The Balaban J connectivity index is 2.33. The largest absolute Gasteiger partial charge is 0.369 e. The van der Waals surface area contributed by atoms with Crippen molar-refractivity contribution in [3.8, 4) is 0 Å². The van der Waals surface area contributed by atoms with E-state index in [1.54, 1.807) is 0 Å². The Morgan fingerprint density at radius 2 is 2.06 bits per heavy atom. The van der Waals surface area contributed by atoms with Crippen LogP contribution in [0.5, 0.6) is 0 Å². The fraction of sp³-hybridized carbons (Fsp3) is 0.636. The van der Waals surface area contributed by atoms with Gasteiger partial charge in [0.25, 0.3) is 0 Å². The molecule has 0 aliphatic heterocycles. The third kappa shape index (κ3) is 4.77. The molecule has 4 nitrogen and oxygen atoms in total. The summed E-state index contributed by atoms with van der Waals surface area (Å²) in [7, 11) is 0. The van der Waals surface area contributed by atoms with Crippen molar-refractivity contribution in [3.05, 3.63) is 16.0 Å². The summed E-state index contributed by atoms with van der Waals surface area (Å²) in [6.45, 7) is 8.52. The lowest BCUT2D eigenvalue weighted by atomic mass is 10.3. The zero-order chi connectivity index (χ0) is 12.7. The van der Waals surface area contributed by atoms with E-state index in [-0.39, 0.29) is 0 Å². The molecule has 0 fully saturated rings. The Labute approximate surface area is 116 Å². The van der Waals surface area contributed by atoms with E-state index in [1.165, 1.54) is 6.33 Å². The molecule has 0 atom stereocenters. The Bertz CT molecular complexity index is 344. The smallest absolute Gasteiger partial charge is 0.148 e. The lowest BCUT2D eigenvalue weighted by Gasteiger charge is -2.17. The second-order valence-electron chi connectivity index (χ2n) is 3.63. The summed E-state index contributed by atoms with van der Waals surface area (Å²) in [5, 5.41) is 3.68. The highest BCUT2D eigenvalue weighted by molar-refractivity contribution is 9.10. The molecule has 0 spiro atoms. The van der Waals surface area contributed by atoms with Crippen LogP contribution in [-0.4, -0.2) is 41.0 Å². The summed E-state index contributed by atoms with van der Waals surface area (Å²) in [4.78, 5) is 10.4. The molecule has 17 heavy (non-hydrogen) atoms. The molecule has 1 aromatic heterocycles. The first-order valence-electron chi connectivity index (χ1n) is 5.81. The molecule has 1 heterocycles. The fourth-order valence-electron chi connectivity index (χ4n) is 1.52. The molecule has 0 saturated heterocycles. The van der Waals surface area contributed by atoms with E-state index in [1.807, 2.05) is 0 Å². The normalized spacial score (nSPS) is 10.9. The molecule has 0 amide bonds. The topological polar surface area (TPSA) is 41.0 Å². The quantitative estimate of drug-likeness (QED) is 0.619. The third-order valence-electron chi connectivity index (χ3n) is 2.58. The van der Waals surface area contributed by atoms with E-state index >= 15 is 0 Å². The molecule has 0 aliphatic rings. The van der Waals surface area contributed by atoms with Gasteiger partial charge in [-0.25, -0.2) is 9.97 Å². The predicted molar refractivity (Wildman–Crippen MR) is 75.6 cm³/mol. The highest BCUT2D eigenvalue weighted by Crippen LogP contribution is 2.25. The molecule has 96 valence electrons. The van der Waals surface area contributed by atoms with Gasteiger partial charge in [0.1, 0.15) is 17.3 Å². The molecule has 1 aromatic rings. The van der Waals surface area contributed by atoms with Crippen LogP contribution in [0.4, 0.5) is 5.82 Å². The van der Waals surface area contributed by atoms with Crippen molar-refractivity contribution >= 4 is 33.3 Å². The molecule has 0 saturated carbocycles. The number of rotatable bonds is 7. The van der Waals surface area contributed by atoms with Crippen molar-refractivity contribution in [2.45, 2.75) is 20.3 Å². The van der Waals surface area contributed by atoms with Crippen LogP contribution in [0.15, 0.2) is 10.8 Å². The first-order chi connectivity index (χ1) is 8.19. The summed E-state index contributed by atoms with van der Waals surface area (Å²) < 4.78 is 0.726. The fourth-order valence-corrected chi connectivity index (χ4v) is 2.00. The van der Waals surface area contributed by atoms with Crippen molar-refractivity contribution in [2.75, 3.05) is 31.5 Å². The minimum absolute atomic E-state index is 0.436. The van der Waals surface area contributed by atoms with Gasteiger partial charge < -0.3 is 10.2 Å². The van der Waals surface area contributed by atoms with Crippen LogP contribution < -0.4 is 5.32 Å². The zero-order valence-corrected chi connectivity index (χ0v) is 12.6. The van der Waals surface area contributed by atoms with E-state index in [4.69, 9.17) is 11.6 Å². The van der Waals surface area contributed by atoms with E-state index in [0.717, 1.165) is 42.9 Å². The molecular weight excluding hydrogens is 304 g/mol. The van der Waals surface area contributed by atoms with Crippen LogP contribution in [0, 0.1) is 0 Å². The van der Waals surface area contributed by atoms with Crippen LogP contribution in [0.3, 0.4) is 0 Å². The average molecular weight is 322 g/mol. The number of anilines is 1. The van der Waals surface area contributed by atoms with Crippen LogP contribution in [0.2, 0.25) is 5.15 Å². The third-order valence-corrected chi connectivity index (χ3v) is 3.85. The summed E-state index contributed by atoms with van der Waals surface area (Å²) in [5.74, 6) is 0.754. The van der Waals surface area contributed by atoms with Crippen LogP contribution in [0.1, 0.15) is 20.3 Å². The number of nitrogens with zero attached hydrogens (tertiary/aromatic N) is 3. The van der Waals surface area contributed by atoms with Gasteiger partial charge >= 0.3 is 0 Å². The Morgan fingerprint density at radius 3 is 2.71 bits per heavy atom. The number of halogens is 2. The van der Waals surface area contributed by atoms with Gasteiger partial charge in [0.15, 0.2) is 0 Å². The highest BCUT2D eigenvalue weighted by Gasteiger charge is 2.05. The Morgan fingerprint density at radius 1 is 1.35 bits per heavy atom.